The van der Waals surface area contributed by atoms with Crippen molar-refractivity contribution in [3.05, 3.63) is 48.0 Å². The van der Waals surface area contributed by atoms with Crippen LogP contribution in [0.3, 0.4) is 0 Å². The molecule has 28 heavy (non-hydrogen) atoms. The van der Waals surface area contributed by atoms with Gasteiger partial charge in [0.1, 0.15) is 0 Å². The molecule has 0 saturated carbocycles. The quantitative estimate of drug-likeness (QED) is 0.722. The maximum absolute atomic E-state index is 12.3. The molecule has 0 spiro atoms. The van der Waals surface area contributed by atoms with Gasteiger partial charge in [-0.2, -0.15) is 0 Å². The molecule has 2 aromatic rings. The molecule has 0 radical (unpaired) electrons. The highest BCUT2D eigenvalue weighted by Crippen LogP contribution is 2.28. The van der Waals surface area contributed by atoms with Gasteiger partial charge in [0, 0.05) is 30.9 Å². The van der Waals surface area contributed by atoms with Crippen molar-refractivity contribution in [2.24, 2.45) is 0 Å². The van der Waals surface area contributed by atoms with Gasteiger partial charge in [-0.15, -0.1) is 0 Å². The summed E-state index contributed by atoms with van der Waals surface area (Å²) in [4.78, 5) is 14.7. The Morgan fingerprint density at radius 1 is 1.04 bits per heavy atom. The summed E-state index contributed by atoms with van der Waals surface area (Å²) in [6.07, 6.45) is 4.92. The van der Waals surface area contributed by atoms with E-state index in [4.69, 9.17) is 9.47 Å². The molecule has 5 heteroatoms. The third-order valence-corrected chi connectivity index (χ3v) is 5.04. The van der Waals surface area contributed by atoms with Crippen LogP contribution in [0.2, 0.25) is 0 Å². The summed E-state index contributed by atoms with van der Waals surface area (Å²) in [6, 6.07) is 14.0. The Balaban J connectivity index is 1.51. The molecule has 0 bridgehead atoms. The van der Waals surface area contributed by atoms with E-state index in [2.05, 4.69) is 22.3 Å². The minimum atomic E-state index is 0.0126. The Bertz CT molecular complexity index is 768. The van der Waals surface area contributed by atoms with Crippen molar-refractivity contribution in [1.82, 2.24) is 0 Å². The zero-order valence-electron chi connectivity index (χ0n) is 16.9. The molecule has 5 nitrogen and oxygen atoms in total. The fraction of sp³-hybridized carbons (Fsp3) is 0.435. The predicted molar refractivity (Wildman–Crippen MR) is 114 cm³/mol. The molecule has 1 saturated heterocycles. The van der Waals surface area contributed by atoms with Crippen molar-refractivity contribution < 1.29 is 14.3 Å². The van der Waals surface area contributed by atoms with E-state index in [1.54, 1.807) is 7.11 Å². The molecule has 150 valence electrons. The Hall–Kier alpha value is -2.69. The summed E-state index contributed by atoms with van der Waals surface area (Å²) >= 11 is 0. The molecule has 1 fully saturated rings. The number of ether oxygens (including phenoxy) is 2. The first-order chi connectivity index (χ1) is 13.7. The molecule has 3 rings (SSSR count). The summed E-state index contributed by atoms with van der Waals surface area (Å²) in [5, 5.41) is 2.99. The largest absolute Gasteiger partial charge is 0.493 e. The first kappa shape index (κ1) is 20.1. The predicted octanol–water partition coefficient (Wildman–Crippen LogP) is 4.66. The molecule has 1 N–H and O–H groups in total. The van der Waals surface area contributed by atoms with Gasteiger partial charge in [-0.25, -0.2) is 0 Å². The van der Waals surface area contributed by atoms with Crippen molar-refractivity contribution in [2.45, 2.75) is 39.0 Å². The number of anilines is 2. The zero-order chi connectivity index (χ0) is 19.8. The number of aryl methyl sites for hydroxylation is 1. The van der Waals surface area contributed by atoms with Gasteiger partial charge in [-0.05, 0) is 74.6 Å². The number of amides is 1. The average molecular weight is 383 g/mol. The lowest BCUT2D eigenvalue weighted by Crippen LogP contribution is -2.29. The van der Waals surface area contributed by atoms with E-state index in [9.17, 15) is 4.79 Å². The van der Waals surface area contributed by atoms with Crippen molar-refractivity contribution in [3.8, 4) is 11.5 Å². The Morgan fingerprint density at radius 3 is 2.46 bits per heavy atom. The fourth-order valence-corrected chi connectivity index (χ4v) is 3.53. The first-order valence-electron chi connectivity index (χ1n) is 10.1. The maximum Gasteiger partial charge on any atom is 0.224 e. The monoisotopic (exact) mass is 382 g/mol. The smallest absolute Gasteiger partial charge is 0.224 e. The van der Waals surface area contributed by atoms with Crippen LogP contribution in [0.25, 0.3) is 0 Å². The molecule has 1 amide bonds. The molecule has 0 atom stereocenters. The zero-order valence-corrected chi connectivity index (χ0v) is 16.9. The normalized spacial score (nSPS) is 13.9. The van der Waals surface area contributed by atoms with Gasteiger partial charge >= 0.3 is 0 Å². The number of benzene rings is 2. The van der Waals surface area contributed by atoms with Crippen LogP contribution < -0.4 is 19.7 Å². The van der Waals surface area contributed by atoms with Gasteiger partial charge in [-0.1, -0.05) is 6.07 Å². The van der Waals surface area contributed by atoms with E-state index in [1.807, 2.05) is 37.3 Å². The highest BCUT2D eigenvalue weighted by molar-refractivity contribution is 5.91. The van der Waals surface area contributed by atoms with Crippen LogP contribution in [-0.2, 0) is 11.2 Å². The highest BCUT2D eigenvalue weighted by Gasteiger charge is 2.11. The van der Waals surface area contributed by atoms with E-state index in [-0.39, 0.29) is 5.91 Å². The first-order valence-corrected chi connectivity index (χ1v) is 10.1. The van der Waals surface area contributed by atoms with Gasteiger partial charge in [0.15, 0.2) is 11.5 Å². The summed E-state index contributed by atoms with van der Waals surface area (Å²) in [5.74, 6) is 1.44. The van der Waals surface area contributed by atoms with E-state index in [0.717, 1.165) is 30.1 Å². The van der Waals surface area contributed by atoms with Crippen molar-refractivity contribution in [2.75, 3.05) is 37.0 Å². The van der Waals surface area contributed by atoms with Crippen molar-refractivity contribution >= 4 is 17.3 Å². The van der Waals surface area contributed by atoms with Crippen LogP contribution in [0, 0.1) is 0 Å². The van der Waals surface area contributed by atoms with Gasteiger partial charge < -0.3 is 19.7 Å². The molecule has 0 unspecified atom stereocenters. The molecule has 0 aliphatic carbocycles. The van der Waals surface area contributed by atoms with E-state index in [1.165, 1.54) is 24.9 Å². The summed E-state index contributed by atoms with van der Waals surface area (Å²) in [6.45, 7) is 4.78. The number of carbonyl (C=O) groups excluding carboxylic acids is 1. The van der Waals surface area contributed by atoms with Gasteiger partial charge in [-0.3, -0.25) is 4.79 Å². The third kappa shape index (κ3) is 5.41. The number of rotatable bonds is 8. The standard InChI is InChI=1S/C23H30N2O3/c1-3-28-21-13-7-18(17-22(21)27-2)8-14-23(26)24-19-9-11-20(12-10-19)25-15-5-4-6-16-25/h7,9-13,17H,3-6,8,14-16H2,1-2H3,(H,24,26). The number of hydrogen-bond donors (Lipinski definition) is 1. The van der Waals surface area contributed by atoms with Gasteiger partial charge in [0.05, 0.1) is 13.7 Å². The van der Waals surface area contributed by atoms with E-state index < -0.39 is 0 Å². The SMILES string of the molecule is CCOc1ccc(CCC(=O)Nc2ccc(N3CCCCC3)cc2)cc1OC. The molecular weight excluding hydrogens is 352 g/mol. The van der Waals surface area contributed by atoms with Crippen LogP contribution in [0.4, 0.5) is 11.4 Å². The molecule has 2 aromatic carbocycles. The number of nitrogens with zero attached hydrogens (tertiary/aromatic N) is 1. The lowest BCUT2D eigenvalue weighted by Gasteiger charge is -2.28. The molecular formula is C23H30N2O3. The van der Waals surface area contributed by atoms with E-state index in [0.29, 0.717) is 25.2 Å². The van der Waals surface area contributed by atoms with Gasteiger partial charge in [0.2, 0.25) is 5.91 Å². The summed E-state index contributed by atoms with van der Waals surface area (Å²) in [7, 11) is 1.63. The number of carbonyl (C=O) groups is 1. The topological polar surface area (TPSA) is 50.8 Å². The van der Waals surface area contributed by atoms with Gasteiger partial charge in [0.25, 0.3) is 0 Å². The average Bonchev–Trinajstić information content (AvgIpc) is 2.74. The summed E-state index contributed by atoms with van der Waals surface area (Å²) < 4.78 is 10.9. The van der Waals surface area contributed by atoms with Crippen LogP contribution >= 0.6 is 0 Å². The third-order valence-electron chi connectivity index (χ3n) is 5.04. The minimum absolute atomic E-state index is 0.0126. The molecule has 1 heterocycles. The van der Waals surface area contributed by atoms with E-state index >= 15 is 0 Å². The Kier molecular flexibility index (Phi) is 7.18. The van der Waals surface area contributed by atoms with Crippen molar-refractivity contribution in [3.63, 3.8) is 0 Å². The number of methoxy groups -OCH3 is 1. The number of nitrogens with one attached hydrogen (secondary N) is 1. The lowest BCUT2D eigenvalue weighted by molar-refractivity contribution is -0.116. The fourth-order valence-electron chi connectivity index (χ4n) is 3.53. The summed E-state index contributed by atoms with van der Waals surface area (Å²) in [5.41, 5.74) is 3.13. The lowest BCUT2D eigenvalue weighted by atomic mass is 10.1. The van der Waals surface area contributed by atoms with Crippen LogP contribution in [0.1, 0.15) is 38.2 Å². The molecule has 1 aliphatic heterocycles. The second-order valence-corrected chi connectivity index (χ2v) is 7.06. The molecule has 1 aliphatic rings. The second kappa shape index (κ2) is 10.0. The number of piperidine rings is 1. The number of hydrogen-bond acceptors (Lipinski definition) is 4. The Labute approximate surface area is 167 Å². The maximum atomic E-state index is 12.3. The van der Waals surface area contributed by atoms with Crippen molar-refractivity contribution in [1.29, 1.82) is 0 Å². The highest BCUT2D eigenvalue weighted by atomic mass is 16.5. The minimum Gasteiger partial charge on any atom is -0.493 e. The van der Waals surface area contributed by atoms with Crippen LogP contribution in [-0.4, -0.2) is 32.7 Å². The Morgan fingerprint density at radius 2 is 1.79 bits per heavy atom. The van der Waals surface area contributed by atoms with Crippen LogP contribution in [0.15, 0.2) is 42.5 Å². The van der Waals surface area contributed by atoms with Crippen LogP contribution in [0.5, 0.6) is 11.5 Å². The molecule has 0 aromatic heterocycles. The second-order valence-electron chi connectivity index (χ2n) is 7.06.